The van der Waals surface area contributed by atoms with E-state index in [1.807, 2.05) is 39.0 Å². The molecule has 1 N–H and O–H groups in total. The first-order chi connectivity index (χ1) is 18.6. The third-order valence-electron chi connectivity index (χ3n) is 6.59. The number of aromatic nitrogens is 1. The van der Waals surface area contributed by atoms with Crippen LogP contribution in [0.3, 0.4) is 0 Å². The lowest BCUT2D eigenvalue weighted by Gasteiger charge is -2.25. The fourth-order valence-corrected chi connectivity index (χ4v) is 6.29. The van der Waals surface area contributed by atoms with Crippen LogP contribution in [0.2, 0.25) is 0 Å². The molecule has 0 aliphatic rings. The Morgan fingerprint density at radius 1 is 0.923 bits per heavy atom. The van der Waals surface area contributed by atoms with E-state index in [4.69, 9.17) is 0 Å². The minimum atomic E-state index is -3.99. The molecule has 0 aliphatic heterocycles. The zero-order chi connectivity index (χ0) is 28.2. The van der Waals surface area contributed by atoms with Crippen LogP contribution in [0.1, 0.15) is 40.6 Å². The van der Waals surface area contributed by atoms with Gasteiger partial charge in [0.05, 0.1) is 16.8 Å². The molecule has 3 aromatic carbocycles. The maximum absolute atomic E-state index is 13.6. The Morgan fingerprint density at radius 3 is 2.23 bits per heavy atom. The second-order valence-corrected chi connectivity index (χ2v) is 11.5. The highest BCUT2D eigenvalue weighted by Crippen LogP contribution is 2.27. The first kappa shape index (κ1) is 27.9. The lowest BCUT2D eigenvalue weighted by Crippen LogP contribution is -2.40. The Hall–Kier alpha value is -4.17. The van der Waals surface area contributed by atoms with Crippen molar-refractivity contribution >= 4 is 27.8 Å². The molecule has 0 radical (unpaired) electrons. The highest BCUT2D eigenvalue weighted by atomic mass is 32.2. The van der Waals surface area contributed by atoms with Gasteiger partial charge in [-0.25, -0.2) is 13.8 Å². The Kier molecular flexibility index (Phi) is 8.35. The maximum atomic E-state index is 13.6. The van der Waals surface area contributed by atoms with Gasteiger partial charge >= 0.3 is 0 Å². The van der Waals surface area contributed by atoms with Gasteiger partial charge in [0, 0.05) is 22.6 Å². The standard InChI is InChI=1S/C31H34N4O3S/c1-6-26-12-10-11-15-30(26)34(39(37,38)29-13-8-7-9-14-29)21-31(36)33-32-20-27-19-24(4)35(25(27)5)28-17-22(2)16-23(3)18-28/h7-20H,6,21H2,1-5H3,(H,33,36)/b32-20-. The van der Waals surface area contributed by atoms with Gasteiger partial charge < -0.3 is 4.57 Å². The molecule has 7 nitrogen and oxygen atoms in total. The molecule has 1 aromatic heterocycles. The molecule has 0 spiro atoms. The number of benzene rings is 3. The summed E-state index contributed by atoms with van der Waals surface area (Å²) in [5, 5.41) is 4.17. The number of aryl methyl sites for hydroxylation is 4. The second-order valence-electron chi connectivity index (χ2n) is 9.61. The Labute approximate surface area is 230 Å². The molecule has 0 aliphatic carbocycles. The van der Waals surface area contributed by atoms with Crippen molar-refractivity contribution in [2.75, 3.05) is 10.8 Å². The molecule has 0 saturated carbocycles. The van der Waals surface area contributed by atoms with Gasteiger partial charge in [-0.1, -0.05) is 49.4 Å². The molecule has 39 heavy (non-hydrogen) atoms. The van der Waals surface area contributed by atoms with E-state index in [-0.39, 0.29) is 4.90 Å². The smallest absolute Gasteiger partial charge is 0.264 e. The molecule has 1 amide bonds. The highest BCUT2D eigenvalue weighted by Gasteiger charge is 2.28. The van der Waals surface area contributed by atoms with Crippen molar-refractivity contribution in [1.29, 1.82) is 0 Å². The summed E-state index contributed by atoms with van der Waals surface area (Å²) in [6, 6.07) is 23.7. The number of carbonyl (C=O) groups is 1. The summed E-state index contributed by atoms with van der Waals surface area (Å²) >= 11 is 0. The molecule has 8 heteroatoms. The molecule has 0 bridgehead atoms. The van der Waals surface area contributed by atoms with E-state index in [0.717, 1.165) is 32.5 Å². The van der Waals surface area contributed by atoms with E-state index < -0.39 is 22.5 Å². The maximum Gasteiger partial charge on any atom is 0.264 e. The van der Waals surface area contributed by atoms with Gasteiger partial charge in [-0.2, -0.15) is 5.10 Å². The lowest BCUT2D eigenvalue weighted by molar-refractivity contribution is -0.119. The molecular formula is C31H34N4O3S. The van der Waals surface area contributed by atoms with Gasteiger partial charge in [0.2, 0.25) is 0 Å². The number of nitrogens with one attached hydrogen (secondary N) is 1. The van der Waals surface area contributed by atoms with E-state index >= 15 is 0 Å². The third kappa shape index (κ3) is 6.12. The van der Waals surface area contributed by atoms with Gasteiger partial charge in [0.1, 0.15) is 6.54 Å². The van der Waals surface area contributed by atoms with Crippen LogP contribution in [0, 0.1) is 27.7 Å². The minimum absolute atomic E-state index is 0.117. The van der Waals surface area contributed by atoms with Crippen LogP contribution in [0.5, 0.6) is 0 Å². The average Bonchev–Trinajstić information content (AvgIpc) is 3.19. The van der Waals surface area contributed by atoms with E-state index in [9.17, 15) is 13.2 Å². The van der Waals surface area contributed by atoms with Crippen molar-refractivity contribution in [2.24, 2.45) is 5.10 Å². The summed E-state index contributed by atoms with van der Waals surface area (Å²) in [6.07, 6.45) is 2.21. The van der Waals surface area contributed by atoms with Crippen molar-refractivity contribution in [2.45, 2.75) is 45.9 Å². The monoisotopic (exact) mass is 542 g/mol. The number of hydrazone groups is 1. The number of rotatable bonds is 9. The fourth-order valence-electron chi connectivity index (χ4n) is 4.81. The number of hydrogen-bond acceptors (Lipinski definition) is 4. The zero-order valence-electron chi connectivity index (χ0n) is 23.0. The number of para-hydroxylation sites is 1. The van der Waals surface area contributed by atoms with Gasteiger partial charge in [-0.3, -0.25) is 9.10 Å². The molecule has 0 atom stereocenters. The van der Waals surface area contributed by atoms with Crippen LogP contribution < -0.4 is 9.73 Å². The van der Waals surface area contributed by atoms with E-state index in [1.54, 1.807) is 36.5 Å². The summed E-state index contributed by atoms with van der Waals surface area (Å²) in [4.78, 5) is 13.1. The van der Waals surface area contributed by atoms with Gasteiger partial charge in [-0.05, 0) is 87.2 Å². The summed E-state index contributed by atoms with van der Waals surface area (Å²) in [5.74, 6) is -0.542. The van der Waals surface area contributed by atoms with Crippen molar-refractivity contribution in [3.05, 3.63) is 113 Å². The predicted octanol–water partition coefficient (Wildman–Crippen LogP) is 5.62. The quantitative estimate of drug-likeness (QED) is 0.220. The minimum Gasteiger partial charge on any atom is -0.318 e. The molecule has 202 valence electrons. The van der Waals surface area contributed by atoms with Gasteiger partial charge in [0.25, 0.3) is 15.9 Å². The summed E-state index contributed by atoms with van der Waals surface area (Å²) in [5.41, 5.74) is 10.1. The molecule has 1 heterocycles. The zero-order valence-corrected chi connectivity index (χ0v) is 23.8. The van der Waals surface area contributed by atoms with Crippen LogP contribution in [0.25, 0.3) is 5.69 Å². The second kappa shape index (κ2) is 11.7. The van der Waals surface area contributed by atoms with Crippen molar-refractivity contribution < 1.29 is 13.2 Å². The third-order valence-corrected chi connectivity index (χ3v) is 8.36. The molecule has 0 unspecified atom stereocenters. The first-order valence-corrected chi connectivity index (χ1v) is 14.3. The Morgan fingerprint density at radius 2 is 1.56 bits per heavy atom. The number of amides is 1. The van der Waals surface area contributed by atoms with Crippen LogP contribution in [-0.2, 0) is 21.2 Å². The van der Waals surface area contributed by atoms with E-state index in [0.29, 0.717) is 12.1 Å². The van der Waals surface area contributed by atoms with Gasteiger partial charge in [-0.15, -0.1) is 0 Å². The normalized spacial score (nSPS) is 11.6. The average molecular weight is 543 g/mol. The van der Waals surface area contributed by atoms with Crippen LogP contribution in [0.4, 0.5) is 5.69 Å². The number of anilines is 1. The molecule has 4 aromatic rings. The summed E-state index contributed by atoms with van der Waals surface area (Å²) < 4.78 is 30.5. The molecule has 0 saturated heterocycles. The lowest BCUT2D eigenvalue weighted by atomic mass is 10.1. The Balaban J connectivity index is 1.58. The summed E-state index contributed by atoms with van der Waals surface area (Å²) in [7, 11) is -3.99. The van der Waals surface area contributed by atoms with Gasteiger partial charge in [0.15, 0.2) is 0 Å². The van der Waals surface area contributed by atoms with E-state index in [2.05, 4.69) is 47.1 Å². The van der Waals surface area contributed by atoms with Crippen molar-refractivity contribution in [3.8, 4) is 5.69 Å². The molecule has 0 fully saturated rings. The SMILES string of the molecule is CCc1ccccc1N(CC(=O)N/N=C\c1cc(C)n(-c2cc(C)cc(C)c2)c1C)S(=O)(=O)c1ccccc1. The Bertz CT molecular complexity index is 1600. The van der Waals surface area contributed by atoms with Crippen molar-refractivity contribution in [3.63, 3.8) is 0 Å². The molecule has 4 rings (SSSR count). The molecular weight excluding hydrogens is 508 g/mol. The van der Waals surface area contributed by atoms with E-state index in [1.165, 1.54) is 23.3 Å². The summed E-state index contributed by atoms with van der Waals surface area (Å²) in [6.45, 7) is 9.71. The van der Waals surface area contributed by atoms with Crippen LogP contribution in [-0.4, -0.2) is 31.7 Å². The number of sulfonamides is 1. The largest absolute Gasteiger partial charge is 0.318 e. The van der Waals surface area contributed by atoms with Crippen LogP contribution >= 0.6 is 0 Å². The topological polar surface area (TPSA) is 83.8 Å². The first-order valence-electron chi connectivity index (χ1n) is 12.9. The highest BCUT2D eigenvalue weighted by molar-refractivity contribution is 7.92. The number of carbonyl (C=O) groups excluding carboxylic acids is 1. The number of hydrogen-bond donors (Lipinski definition) is 1. The van der Waals surface area contributed by atoms with Crippen molar-refractivity contribution in [1.82, 2.24) is 9.99 Å². The fraction of sp³-hybridized carbons (Fsp3) is 0.226. The number of nitrogens with zero attached hydrogens (tertiary/aromatic N) is 3. The predicted molar refractivity (Wildman–Crippen MR) is 157 cm³/mol. The van der Waals surface area contributed by atoms with Crippen LogP contribution in [0.15, 0.2) is 88.9 Å².